The number of para-hydroxylation sites is 3. The molecule has 0 saturated heterocycles. The van der Waals surface area contributed by atoms with Gasteiger partial charge in [0.25, 0.3) is 0 Å². The van der Waals surface area contributed by atoms with Crippen LogP contribution in [0.5, 0.6) is 0 Å². The number of benzene rings is 6. The van der Waals surface area contributed by atoms with Crippen LogP contribution in [0.25, 0.3) is 94.1 Å². The summed E-state index contributed by atoms with van der Waals surface area (Å²) in [6, 6.07) is 60.0. The lowest BCUT2D eigenvalue weighted by Gasteiger charge is -2.13. The van der Waals surface area contributed by atoms with Gasteiger partial charge >= 0.3 is 0 Å². The molecule has 0 radical (unpaired) electrons. The fourth-order valence-electron chi connectivity index (χ4n) is 7.51. The van der Waals surface area contributed by atoms with Gasteiger partial charge in [0.1, 0.15) is 0 Å². The summed E-state index contributed by atoms with van der Waals surface area (Å²) < 4.78 is 2.38. The summed E-state index contributed by atoms with van der Waals surface area (Å²) in [5.74, 6) is 0. The van der Waals surface area contributed by atoms with Crippen molar-refractivity contribution < 1.29 is 0 Å². The fourth-order valence-corrected chi connectivity index (χ4v) is 7.51. The van der Waals surface area contributed by atoms with Crippen LogP contribution in [0.3, 0.4) is 0 Å². The minimum absolute atomic E-state index is 0.937. The van der Waals surface area contributed by atoms with E-state index in [0.29, 0.717) is 0 Å². The van der Waals surface area contributed by atoms with Crippen molar-refractivity contribution in [1.82, 2.24) is 19.5 Å². The Morgan fingerprint density at radius 3 is 1.71 bits per heavy atom. The molecule has 10 aromatic rings. The summed E-state index contributed by atoms with van der Waals surface area (Å²) in [7, 11) is 0. The van der Waals surface area contributed by atoms with Crippen LogP contribution in [0.4, 0.5) is 0 Å². The first kappa shape index (κ1) is 29.0. The molecule has 4 nitrogen and oxygen atoms in total. The maximum absolute atomic E-state index is 5.28. The van der Waals surface area contributed by atoms with E-state index in [9.17, 15) is 0 Å². The van der Waals surface area contributed by atoms with E-state index in [1.165, 1.54) is 27.2 Å². The molecule has 0 bridgehead atoms. The van der Waals surface area contributed by atoms with Gasteiger partial charge in [0.05, 0.1) is 33.6 Å². The first-order chi connectivity index (χ1) is 25.3. The SMILES string of the molecule is c1ccc(-n2c3ccccc3c3c4c(ccc32)c(-c2ccc(-c3ccc(-c5cccc(-c6ccncc6)n5)cc3)cc2)nc2ccccc24)cc1. The summed E-state index contributed by atoms with van der Waals surface area (Å²) in [6.07, 6.45) is 3.60. The van der Waals surface area contributed by atoms with Gasteiger partial charge in [-0.1, -0.05) is 115 Å². The highest BCUT2D eigenvalue weighted by molar-refractivity contribution is 6.29. The molecule has 0 fully saturated rings. The van der Waals surface area contributed by atoms with Gasteiger partial charge in [0.2, 0.25) is 0 Å². The molecule has 0 spiro atoms. The molecule has 6 aromatic carbocycles. The largest absolute Gasteiger partial charge is 0.309 e. The van der Waals surface area contributed by atoms with E-state index in [1.54, 1.807) is 12.4 Å². The van der Waals surface area contributed by atoms with Gasteiger partial charge in [-0.3, -0.25) is 4.98 Å². The lowest BCUT2D eigenvalue weighted by molar-refractivity contribution is 1.18. The average Bonchev–Trinajstić information content (AvgIpc) is 3.56. The Morgan fingerprint density at radius 2 is 0.961 bits per heavy atom. The Labute approximate surface area is 295 Å². The lowest BCUT2D eigenvalue weighted by Crippen LogP contribution is -1.94. The molecule has 0 atom stereocenters. The Hall–Kier alpha value is -6.91. The molecule has 0 saturated carbocycles. The van der Waals surface area contributed by atoms with Crippen molar-refractivity contribution in [2.24, 2.45) is 0 Å². The summed E-state index contributed by atoms with van der Waals surface area (Å²) >= 11 is 0. The van der Waals surface area contributed by atoms with E-state index in [1.807, 2.05) is 18.2 Å². The molecule has 0 amide bonds. The Morgan fingerprint density at radius 1 is 0.353 bits per heavy atom. The molecule has 0 aliphatic carbocycles. The third-order valence-electron chi connectivity index (χ3n) is 9.91. The van der Waals surface area contributed by atoms with E-state index in [0.717, 1.165) is 66.9 Å². The fraction of sp³-hybridized carbons (Fsp3) is 0. The number of hydrogen-bond acceptors (Lipinski definition) is 3. The molecule has 4 aromatic heterocycles. The molecule has 51 heavy (non-hydrogen) atoms. The molecule has 4 heterocycles. The van der Waals surface area contributed by atoms with Gasteiger partial charge in [-0.2, -0.15) is 0 Å². The minimum Gasteiger partial charge on any atom is -0.309 e. The van der Waals surface area contributed by atoms with E-state index in [4.69, 9.17) is 9.97 Å². The number of fused-ring (bicyclic) bond motifs is 7. The topological polar surface area (TPSA) is 43.6 Å². The van der Waals surface area contributed by atoms with Crippen molar-refractivity contribution >= 4 is 43.5 Å². The van der Waals surface area contributed by atoms with E-state index < -0.39 is 0 Å². The standard InChI is InChI=1S/C47H30N4/c1-2-9-36(10-3-1)51-43-16-7-5-12-38(43)46-44(51)26-25-39-45(46)37-11-4-6-13-42(37)50-47(39)35-23-19-32(20-24-35)31-17-21-33(22-18-31)40-14-8-15-41(49-40)34-27-29-48-30-28-34/h1-30H. The zero-order chi connectivity index (χ0) is 33.7. The molecule has 4 heteroatoms. The van der Waals surface area contributed by atoms with Crippen molar-refractivity contribution in [2.75, 3.05) is 0 Å². The normalized spacial score (nSPS) is 11.5. The molecule has 10 rings (SSSR count). The van der Waals surface area contributed by atoms with Gasteiger partial charge in [0, 0.05) is 61.7 Å². The first-order valence-electron chi connectivity index (χ1n) is 17.2. The van der Waals surface area contributed by atoms with E-state index in [-0.39, 0.29) is 0 Å². The van der Waals surface area contributed by atoms with Crippen LogP contribution < -0.4 is 0 Å². The zero-order valence-corrected chi connectivity index (χ0v) is 27.6. The predicted molar refractivity (Wildman–Crippen MR) is 211 cm³/mol. The van der Waals surface area contributed by atoms with Crippen molar-refractivity contribution in [3.63, 3.8) is 0 Å². The van der Waals surface area contributed by atoms with Crippen LogP contribution in [0, 0.1) is 0 Å². The van der Waals surface area contributed by atoms with Crippen LogP contribution in [-0.2, 0) is 0 Å². The smallest absolute Gasteiger partial charge is 0.0788 e. The minimum atomic E-state index is 0.937. The van der Waals surface area contributed by atoms with Crippen LogP contribution in [0.2, 0.25) is 0 Å². The summed E-state index contributed by atoms with van der Waals surface area (Å²) in [5.41, 5.74) is 12.9. The van der Waals surface area contributed by atoms with Gasteiger partial charge in [-0.05, 0) is 65.7 Å². The highest BCUT2D eigenvalue weighted by Crippen LogP contribution is 2.42. The molecule has 0 N–H and O–H groups in total. The van der Waals surface area contributed by atoms with Gasteiger partial charge < -0.3 is 4.57 Å². The van der Waals surface area contributed by atoms with Crippen molar-refractivity contribution in [1.29, 1.82) is 0 Å². The molecular weight excluding hydrogens is 621 g/mol. The maximum Gasteiger partial charge on any atom is 0.0788 e. The lowest BCUT2D eigenvalue weighted by atomic mass is 9.95. The van der Waals surface area contributed by atoms with Gasteiger partial charge in [0.15, 0.2) is 0 Å². The monoisotopic (exact) mass is 650 g/mol. The van der Waals surface area contributed by atoms with Crippen molar-refractivity contribution in [2.45, 2.75) is 0 Å². The quantitative estimate of drug-likeness (QED) is 0.174. The van der Waals surface area contributed by atoms with Crippen molar-refractivity contribution in [3.8, 4) is 50.6 Å². The molecular formula is C47H30N4. The summed E-state index contributed by atoms with van der Waals surface area (Å²) in [5, 5.41) is 6.04. The van der Waals surface area contributed by atoms with Crippen LogP contribution in [0.1, 0.15) is 0 Å². The van der Waals surface area contributed by atoms with E-state index in [2.05, 4.69) is 161 Å². The zero-order valence-electron chi connectivity index (χ0n) is 27.6. The molecule has 238 valence electrons. The highest BCUT2D eigenvalue weighted by atomic mass is 15.0. The predicted octanol–water partition coefficient (Wildman–Crippen LogP) is 11.9. The third kappa shape index (κ3) is 4.88. The average molecular weight is 651 g/mol. The summed E-state index contributed by atoms with van der Waals surface area (Å²) in [4.78, 5) is 14.3. The third-order valence-corrected chi connectivity index (χ3v) is 9.91. The number of hydrogen-bond donors (Lipinski definition) is 0. The van der Waals surface area contributed by atoms with Crippen LogP contribution in [-0.4, -0.2) is 19.5 Å². The molecule has 0 aliphatic heterocycles. The second-order valence-corrected chi connectivity index (χ2v) is 12.8. The molecule has 0 unspecified atom stereocenters. The number of pyridine rings is 3. The Balaban J connectivity index is 1.07. The Bertz CT molecular complexity index is 2880. The van der Waals surface area contributed by atoms with E-state index >= 15 is 0 Å². The van der Waals surface area contributed by atoms with Gasteiger partial charge in [-0.15, -0.1) is 0 Å². The first-order valence-corrected chi connectivity index (χ1v) is 17.2. The second-order valence-electron chi connectivity index (χ2n) is 12.8. The van der Waals surface area contributed by atoms with Crippen molar-refractivity contribution in [3.05, 3.63) is 182 Å². The van der Waals surface area contributed by atoms with Gasteiger partial charge in [-0.25, -0.2) is 9.97 Å². The number of aromatic nitrogens is 4. The number of rotatable bonds is 5. The number of nitrogens with zero attached hydrogens (tertiary/aromatic N) is 4. The maximum atomic E-state index is 5.28. The second kappa shape index (κ2) is 11.9. The summed E-state index contributed by atoms with van der Waals surface area (Å²) in [6.45, 7) is 0. The Kier molecular flexibility index (Phi) is 6.78. The van der Waals surface area contributed by atoms with Crippen LogP contribution >= 0.6 is 0 Å². The highest BCUT2D eigenvalue weighted by Gasteiger charge is 2.19. The molecule has 0 aliphatic rings. The van der Waals surface area contributed by atoms with Crippen LogP contribution in [0.15, 0.2) is 182 Å².